The van der Waals surface area contributed by atoms with Gasteiger partial charge in [0.05, 0.1) is 7.11 Å². The van der Waals surface area contributed by atoms with Crippen LogP contribution in [-0.4, -0.2) is 7.11 Å². The van der Waals surface area contributed by atoms with Crippen LogP contribution in [0.1, 0.15) is 43.7 Å². The van der Waals surface area contributed by atoms with Gasteiger partial charge in [0.25, 0.3) is 0 Å². The van der Waals surface area contributed by atoms with Crippen LogP contribution in [0.5, 0.6) is 5.75 Å². The fraction of sp³-hybridized carbons (Fsp3) is 0.364. The molecular formula is C22H24ClFO. The van der Waals surface area contributed by atoms with E-state index in [2.05, 4.69) is 32.1 Å². The highest BCUT2D eigenvalue weighted by Crippen LogP contribution is 2.47. The third-order valence-corrected chi connectivity index (χ3v) is 5.54. The zero-order valence-corrected chi connectivity index (χ0v) is 15.7. The first-order chi connectivity index (χ1) is 12.0. The van der Waals surface area contributed by atoms with E-state index in [1.54, 1.807) is 19.2 Å². The molecule has 0 saturated heterocycles. The topological polar surface area (TPSA) is 9.23 Å². The van der Waals surface area contributed by atoms with Gasteiger partial charge >= 0.3 is 0 Å². The normalized spacial score (nSPS) is 19.0. The van der Waals surface area contributed by atoms with Gasteiger partial charge in [-0.25, -0.2) is 4.39 Å². The summed E-state index contributed by atoms with van der Waals surface area (Å²) in [5.41, 5.74) is 3.86. The monoisotopic (exact) mass is 358 g/mol. The summed E-state index contributed by atoms with van der Waals surface area (Å²) < 4.78 is 19.9. The molecule has 1 nitrogen and oxygen atoms in total. The molecule has 132 valence electrons. The first kappa shape index (κ1) is 18.0. The molecule has 0 aromatic heterocycles. The minimum atomic E-state index is -0.232. The van der Waals surface area contributed by atoms with Gasteiger partial charge in [-0.15, -0.1) is 11.6 Å². The molecule has 3 rings (SSSR count). The summed E-state index contributed by atoms with van der Waals surface area (Å²) in [6.07, 6.45) is 6.45. The van der Waals surface area contributed by atoms with E-state index < -0.39 is 0 Å². The first-order valence-corrected chi connectivity index (χ1v) is 9.17. The quantitative estimate of drug-likeness (QED) is 0.436. The fourth-order valence-corrected chi connectivity index (χ4v) is 3.86. The summed E-state index contributed by atoms with van der Waals surface area (Å²) in [6.45, 7) is 4.56. The highest BCUT2D eigenvalue weighted by atomic mass is 35.5. The summed E-state index contributed by atoms with van der Waals surface area (Å²) in [5.74, 6) is 1.20. The molecule has 0 radical (unpaired) electrons. The lowest BCUT2D eigenvalue weighted by molar-refractivity contribution is 0.277. The van der Waals surface area contributed by atoms with Crippen LogP contribution >= 0.6 is 11.6 Å². The van der Waals surface area contributed by atoms with Crippen LogP contribution in [0.15, 0.2) is 48.6 Å². The molecule has 1 aliphatic rings. The highest BCUT2D eigenvalue weighted by molar-refractivity contribution is 6.17. The van der Waals surface area contributed by atoms with E-state index in [0.717, 1.165) is 24.0 Å². The van der Waals surface area contributed by atoms with Crippen molar-refractivity contribution >= 4 is 11.6 Å². The van der Waals surface area contributed by atoms with Crippen molar-refractivity contribution < 1.29 is 9.13 Å². The number of hydrogen-bond donors (Lipinski definition) is 0. The van der Waals surface area contributed by atoms with Crippen LogP contribution in [0, 0.1) is 11.2 Å². The van der Waals surface area contributed by atoms with E-state index in [1.165, 1.54) is 11.6 Å². The Bertz CT molecular complexity index is 795. The van der Waals surface area contributed by atoms with E-state index in [4.69, 9.17) is 16.3 Å². The molecule has 2 aromatic carbocycles. The Balaban J connectivity index is 2.19. The molecule has 2 aromatic rings. The lowest BCUT2D eigenvalue weighted by Crippen LogP contribution is -2.24. The SMILES string of the molecule is COc1ccc(F)c(-c2ccc(CCl)cc2[C@@H]2CC=CCC2(C)C)c1. The average molecular weight is 359 g/mol. The van der Waals surface area contributed by atoms with Gasteiger partial charge < -0.3 is 4.74 Å². The molecule has 1 aliphatic carbocycles. The predicted molar refractivity (Wildman–Crippen MR) is 103 cm³/mol. The fourth-order valence-electron chi connectivity index (χ4n) is 3.70. The van der Waals surface area contributed by atoms with Gasteiger partial charge in [-0.3, -0.25) is 0 Å². The number of rotatable bonds is 4. The van der Waals surface area contributed by atoms with Gasteiger partial charge in [0.2, 0.25) is 0 Å². The van der Waals surface area contributed by atoms with Gasteiger partial charge in [-0.2, -0.15) is 0 Å². The molecule has 3 heteroatoms. The van der Waals surface area contributed by atoms with E-state index in [-0.39, 0.29) is 11.2 Å². The Morgan fingerprint density at radius 3 is 2.60 bits per heavy atom. The lowest BCUT2D eigenvalue weighted by atomic mass is 9.67. The van der Waals surface area contributed by atoms with Gasteiger partial charge in [0, 0.05) is 11.4 Å². The number of benzene rings is 2. The molecule has 0 heterocycles. The van der Waals surface area contributed by atoms with Gasteiger partial charge in [-0.1, -0.05) is 44.2 Å². The third kappa shape index (κ3) is 3.59. The Kier molecular flexibility index (Phi) is 5.19. The number of methoxy groups -OCH3 is 1. The zero-order chi connectivity index (χ0) is 18.0. The van der Waals surface area contributed by atoms with Crippen molar-refractivity contribution in [3.8, 4) is 16.9 Å². The standard InChI is InChI=1S/C22H24ClFO/c1-22(2)11-5-4-6-20(22)18-12-15(14-23)7-9-17(18)19-13-16(25-3)8-10-21(19)24/h4-5,7-10,12-13,20H,6,11,14H2,1-3H3/t20-/m0/s1. The Hall–Kier alpha value is -1.80. The molecule has 0 N–H and O–H groups in total. The summed E-state index contributed by atoms with van der Waals surface area (Å²) in [6, 6.07) is 11.0. The van der Waals surface area contributed by atoms with Crippen molar-refractivity contribution in [1.29, 1.82) is 0 Å². The van der Waals surface area contributed by atoms with Gasteiger partial charge in [0.15, 0.2) is 0 Å². The smallest absolute Gasteiger partial charge is 0.131 e. The minimum absolute atomic E-state index is 0.115. The average Bonchev–Trinajstić information content (AvgIpc) is 2.61. The maximum absolute atomic E-state index is 14.6. The second kappa shape index (κ2) is 7.21. The molecular weight excluding hydrogens is 335 g/mol. The maximum atomic E-state index is 14.6. The van der Waals surface area contributed by atoms with Crippen molar-refractivity contribution in [2.45, 2.75) is 38.5 Å². The van der Waals surface area contributed by atoms with E-state index in [9.17, 15) is 4.39 Å². The summed E-state index contributed by atoms with van der Waals surface area (Å²) >= 11 is 6.08. The van der Waals surface area contributed by atoms with Crippen LogP contribution in [0.4, 0.5) is 4.39 Å². The molecule has 0 bridgehead atoms. The van der Waals surface area contributed by atoms with Crippen LogP contribution in [0.25, 0.3) is 11.1 Å². The largest absolute Gasteiger partial charge is 0.497 e. The van der Waals surface area contributed by atoms with Gasteiger partial charge in [0.1, 0.15) is 11.6 Å². The zero-order valence-electron chi connectivity index (χ0n) is 15.0. The number of alkyl halides is 1. The molecule has 0 saturated carbocycles. The first-order valence-electron chi connectivity index (χ1n) is 8.64. The molecule has 0 aliphatic heterocycles. The van der Waals surface area contributed by atoms with Crippen molar-refractivity contribution in [3.63, 3.8) is 0 Å². The third-order valence-electron chi connectivity index (χ3n) is 5.24. The number of ether oxygens (including phenoxy) is 1. The van der Waals surface area contributed by atoms with Crippen LogP contribution in [0.3, 0.4) is 0 Å². The molecule has 1 atom stereocenters. The molecule has 0 fully saturated rings. The second-order valence-corrected chi connectivity index (χ2v) is 7.62. The van der Waals surface area contributed by atoms with Crippen molar-refractivity contribution in [2.75, 3.05) is 7.11 Å². The summed E-state index contributed by atoms with van der Waals surface area (Å²) in [7, 11) is 1.60. The van der Waals surface area contributed by atoms with Crippen LogP contribution in [-0.2, 0) is 5.88 Å². The van der Waals surface area contributed by atoms with Crippen molar-refractivity contribution in [3.05, 3.63) is 65.5 Å². The molecule has 0 amide bonds. The molecule has 0 unspecified atom stereocenters. The van der Waals surface area contributed by atoms with Gasteiger partial charge in [-0.05, 0) is 59.1 Å². The van der Waals surface area contributed by atoms with Crippen LogP contribution < -0.4 is 4.74 Å². The van der Waals surface area contributed by atoms with E-state index in [0.29, 0.717) is 23.1 Å². The second-order valence-electron chi connectivity index (χ2n) is 7.35. The Morgan fingerprint density at radius 2 is 1.92 bits per heavy atom. The van der Waals surface area contributed by atoms with E-state index in [1.807, 2.05) is 12.1 Å². The predicted octanol–water partition coefficient (Wildman–Crippen LogP) is 6.70. The van der Waals surface area contributed by atoms with Crippen molar-refractivity contribution in [2.24, 2.45) is 5.41 Å². The number of halogens is 2. The number of hydrogen-bond acceptors (Lipinski definition) is 1. The van der Waals surface area contributed by atoms with Crippen molar-refractivity contribution in [1.82, 2.24) is 0 Å². The lowest BCUT2D eigenvalue weighted by Gasteiger charge is -2.37. The number of allylic oxidation sites excluding steroid dienone is 2. The molecule has 0 spiro atoms. The van der Waals surface area contributed by atoms with Crippen LogP contribution in [0.2, 0.25) is 0 Å². The highest BCUT2D eigenvalue weighted by Gasteiger charge is 2.33. The molecule has 25 heavy (non-hydrogen) atoms. The minimum Gasteiger partial charge on any atom is -0.497 e. The summed E-state index contributed by atoms with van der Waals surface area (Å²) in [5, 5.41) is 0. The Morgan fingerprint density at radius 1 is 1.12 bits per heavy atom. The maximum Gasteiger partial charge on any atom is 0.131 e. The summed E-state index contributed by atoms with van der Waals surface area (Å²) in [4.78, 5) is 0. The Labute approximate surface area is 154 Å². The van der Waals surface area contributed by atoms with E-state index >= 15 is 0 Å².